The summed E-state index contributed by atoms with van der Waals surface area (Å²) in [6.45, 7) is 5.60. The Kier molecular flexibility index (Phi) is 5.85. The number of anilines is 1. The molecule has 1 atom stereocenters. The molecule has 2 fully saturated rings. The lowest BCUT2D eigenvalue weighted by Crippen LogP contribution is -2.53. The first-order valence-corrected chi connectivity index (χ1v) is 11.7. The second-order valence-corrected chi connectivity index (χ2v) is 9.06. The molecule has 0 radical (unpaired) electrons. The van der Waals surface area contributed by atoms with E-state index in [1.54, 1.807) is 19.3 Å². The molecule has 0 bridgehead atoms. The van der Waals surface area contributed by atoms with Crippen LogP contribution in [0.25, 0.3) is 11.0 Å². The maximum Gasteiger partial charge on any atom is 0.269 e. The molecule has 1 saturated carbocycles. The molecule has 2 aliphatic rings. The summed E-state index contributed by atoms with van der Waals surface area (Å²) in [5, 5.41) is 2.61. The number of hydrogen-bond acceptors (Lipinski definition) is 6. The van der Waals surface area contributed by atoms with E-state index in [0.29, 0.717) is 24.1 Å². The number of H-pyrrole nitrogens is 1. The van der Waals surface area contributed by atoms with Crippen LogP contribution in [0.5, 0.6) is 0 Å². The number of hydrogen-bond donors (Lipinski definition) is 2. The molecule has 8 heteroatoms. The Hall–Kier alpha value is -3.26. The molecular formula is C25H30N6O2. The molecule has 1 amide bonds. The number of nitrogens with zero attached hydrogens (tertiary/aromatic N) is 4. The molecule has 3 aromatic rings. The SMILES string of the molecule is CCc1cc2ncc(CN3CCN(c4ccc(C(=O)NC)nc4)C[C@@H]3C3CC3)cc2[nH]c1=O. The van der Waals surface area contributed by atoms with E-state index in [9.17, 15) is 9.59 Å². The zero-order valence-electron chi connectivity index (χ0n) is 19.2. The van der Waals surface area contributed by atoms with Crippen LogP contribution in [0.1, 0.15) is 41.4 Å². The quantitative estimate of drug-likeness (QED) is 0.604. The summed E-state index contributed by atoms with van der Waals surface area (Å²) < 4.78 is 0. The normalized spacial score (nSPS) is 19.1. The van der Waals surface area contributed by atoms with Crippen molar-refractivity contribution in [1.82, 2.24) is 25.2 Å². The van der Waals surface area contributed by atoms with Crippen LogP contribution in [0, 0.1) is 5.92 Å². The summed E-state index contributed by atoms with van der Waals surface area (Å²) in [6.07, 6.45) is 6.99. The Bertz CT molecular complexity index is 1220. The number of amides is 1. The average Bonchev–Trinajstić information content (AvgIpc) is 3.69. The van der Waals surface area contributed by atoms with Crippen LogP contribution in [-0.2, 0) is 13.0 Å². The summed E-state index contributed by atoms with van der Waals surface area (Å²) in [7, 11) is 1.61. The zero-order chi connectivity index (χ0) is 22.9. The Morgan fingerprint density at radius 2 is 2.03 bits per heavy atom. The molecule has 8 nitrogen and oxygen atoms in total. The fourth-order valence-electron chi connectivity index (χ4n) is 4.79. The second kappa shape index (κ2) is 8.94. The van der Waals surface area contributed by atoms with Crippen molar-refractivity contribution >= 4 is 22.6 Å². The molecule has 0 spiro atoms. The predicted molar refractivity (Wildman–Crippen MR) is 129 cm³/mol. The van der Waals surface area contributed by atoms with Crippen LogP contribution in [0.15, 0.2) is 41.5 Å². The lowest BCUT2D eigenvalue weighted by molar-refractivity contribution is 0.0958. The third-order valence-electron chi connectivity index (χ3n) is 6.86. The van der Waals surface area contributed by atoms with Crippen molar-refractivity contribution in [3.05, 3.63) is 63.8 Å². The molecule has 172 valence electrons. The lowest BCUT2D eigenvalue weighted by Gasteiger charge is -2.42. The predicted octanol–water partition coefficient (Wildman–Crippen LogP) is 2.34. The van der Waals surface area contributed by atoms with Crippen molar-refractivity contribution in [1.29, 1.82) is 0 Å². The fraction of sp³-hybridized carbons (Fsp3) is 0.440. The third kappa shape index (κ3) is 4.48. The number of aromatic nitrogens is 3. The van der Waals surface area contributed by atoms with E-state index in [0.717, 1.165) is 54.0 Å². The number of aromatic amines is 1. The van der Waals surface area contributed by atoms with Gasteiger partial charge >= 0.3 is 0 Å². The average molecular weight is 447 g/mol. The molecule has 5 rings (SSSR count). The van der Waals surface area contributed by atoms with E-state index in [2.05, 4.69) is 36.1 Å². The number of aryl methyl sites for hydroxylation is 1. The van der Waals surface area contributed by atoms with Crippen molar-refractivity contribution in [2.45, 2.75) is 38.8 Å². The van der Waals surface area contributed by atoms with Crippen molar-refractivity contribution in [2.24, 2.45) is 5.92 Å². The van der Waals surface area contributed by atoms with E-state index in [1.807, 2.05) is 25.3 Å². The smallest absolute Gasteiger partial charge is 0.269 e. The zero-order valence-corrected chi connectivity index (χ0v) is 19.2. The van der Waals surface area contributed by atoms with Gasteiger partial charge in [0.05, 0.1) is 22.9 Å². The third-order valence-corrected chi connectivity index (χ3v) is 6.86. The number of piperazine rings is 1. The van der Waals surface area contributed by atoms with Gasteiger partial charge < -0.3 is 15.2 Å². The molecule has 1 aliphatic heterocycles. The maximum absolute atomic E-state index is 12.2. The fourth-order valence-corrected chi connectivity index (χ4v) is 4.79. The van der Waals surface area contributed by atoms with Gasteiger partial charge in [-0.1, -0.05) is 6.92 Å². The summed E-state index contributed by atoms with van der Waals surface area (Å²) in [6, 6.07) is 8.21. The van der Waals surface area contributed by atoms with Crippen LogP contribution in [0.3, 0.4) is 0 Å². The highest BCUT2D eigenvalue weighted by Crippen LogP contribution is 2.38. The van der Waals surface area contributed by atoms with Crippen LogP contribution in [0.2, 0.25) is 0 Å². The van der Waals surface area contributed by atoms with Gasteiger partial charge in [-0.3, -0.25) is 19.5 Å². The van der Waals surface area contributed by atoms with Gasteiger partial charge in [-0.05, 0) is 55.0 Å². The molecule has 3 aromatic heterocycles. The minimum absolute atomic E-state index is 0.0236. The Labute approximate surface area is 193 Å². The highest BCUT2D eigenvalue weighted by Gasteiger charge is 2.38. The molecule has 33 heavy (non-hydrogen) atoms. The molecule has 2 N–H and O–H groups in total. The number of pyridine rings is 3. The second-order valence-electron chi connectivity index (χ2n) is 9.06. The largest absolute Gasteiger partial charge is 0.367 e. The first-order chi connectivity index (χ1) is 16.1. The Balaban J connectivity index is 1.32. The van der Waals surface area contributed by atoms with Crippen molar-refractivity contribution in [3.8, 4) is 0 Å². The first kappa shape index (κ1) is 21.6. The Morgan fingerprint density at radius 1 is 1.18 bits per heavy atom. The standard InChI is InChI=1S/C25H30N6O2/c1-3-17-11-21-22(29-24(17)32)10-16(12-27-21)14-31-9-8-30(15-23(31)18-4-5-18)19-6-7-20(28-13-19)25(33)26-2/h6-7,10-13,18,23H,3-5,8-9,14-15H2,1-2H3,(H,26,33)(H,29,32)/t23-/m1/s1. The van der Waals surface area contributed by atoms with E-state index >= 15 is 0 Å². The van der Waals surface area contributed by atoms with Gasteiger partial charge in [-0.25, -0.2) is 4.98 Å². The van der Waals surface area contributed by atoms with E-state index < -0.39 is 0 Å². The van der Waals surface area contributed by atoms with Gasteiger partial charge in [0.1, 0.15) is 5.69 Å². The van der Waals surface area contributed by atoms with Crippen LogP contribution < -0.4 is 15.8 Å². The van der Waals surface area contributed by atoms with E-state index in [1.165, 1.54) is 12.8 Å². The van der Waals surface area contributed by atoms with E-state index in [4.69, 9.17) is 0 Å². The summed E-state index contributed by atoms with van der Waals surface area (Å²) >= 11 is 0. The molecular weight excluding hydrogens is 416 g/mol. The number of carbonyl (C=O) groups is 1. The minimum Gasteiger partial charge on any atom is -0.367 e. The molecule has 1 aliphatic carbocycles. The number of fused-ring (bicyclic) bond motifs is 1. The summed E-state index contributed by atoms with van der Waals surface area (Å²) in [5.41, 5.74) is 5.01. The summed E-state index contributed by atoms with van der Waals surface area (Å²) in [5.74, 6) is 0.546. The van der Waals surface area contributed by atoms with Gasteiger partial charge in [-0.2, -0.15) is 0 Å². The first-order valence-electron chi connectivity index (χ1n) is 11.7. The van der Waals surface area contributed by atoms with Crippen molar-refractivity contribution in [3.63, 3.8) is 0 Å². The number of rotatable bonds is 6. The highest BCUT2D eigenvalue weighted by atomic mass is 16.1. The Morgan fingerprint density at radius 3 is 2.73 bits per heavy atom. The van der Waals surface area contributed by atoms with Crippen LogP contribution in [-0.4, -0.2) is 58.5 Å². The van der Waals surface area contributed by atoms with Crippen molar-refractivity contribution < 1.29 is 4.79 Å². The molecule has 4 heterocycles. The number of nitrogens with one attached hydrogen (secondary N) is 2. The van der Waals surface area contributed by atoms with Crippen molar-refractivity contribution in [2.75, 3.05) is 31.6 Å². The van der Waals surface area contributed by atoms with Gasteiger partial charge in [0.2, 0.25) is 0 Å². The van der Waals surface area contributed by atoms with E-state index in [-0.39, 0.29) is 11.5 Å². The van der Waals surface area contributed by atoms with Crippen LogP contribution in [0.4, 0.5) is 5.69 Å². The van der Waals surface area contributed by atoms with Gasteiger partial charge in [0.25, 0.3) is 11.5 Å². The van der Waals surface area contributed by atoms with Crippen LogP contribution >= 0.6 is 0 Å². The molecule has 0 unspecified atom stereocenters. The summed E-state index contributed by atoms with van der Waals surface area (Å²) in [4.78, 5) is 40.9. The molecule has 0 aromatic carbocycles. The topological polar surface area (TPSA) is 94.2 Å². The minimum atomic E-state index is -0.168. The highest BCUT2D eigenvalue weighted by molar-refractivity contribution is 5.92. The number of carbonyl (C=O) groups excluding carboxylic acids is 1. The lowest BCUT2D eigenvalue weighted by atomic mass is 10.0. The van der Waals surface area contributed by atoms with Gasteiger partial charge in [0.15, 0.2) is 0 Å². The monoisotopic (exact) mass is 446 g/mol. The van der Waals surface area contributed by atoms with Gasteiger partial charge in [-0.15, -0.1) is 0 Å². The molecule has 1 saturated heterocycles. The van der Waals surface area contributed by atoms with Gasteiger partial charge in [0, 0.05) is 51.0 Å². The maximum atomic E-state index is 12.2.